The first kappa shape index (κ1) is 11.4. The summed E-state index contributed by atoms with van der Waals surface area (Å²) in [7, 11) is 1.61. The van der Waals surface area contributed by atoms with Crippen LogP contribution in [0.1, 0.15) is 32.1 Å². The van der Waals surface area contributed by atoms with Gasteiger partial charge in [-0.3, -0.25) is 4.79 Å². The molecule has 1 aliphatic carbocycles. The Labute approximate surface area is 106 Å². The fourth-order valence-corrected chi connectivity index (χ4v) is 2.81. The summed E-state index contributed by atoms with van der Waals surface area (Å²) in [6.45, 7) is 0. The number of carbonyl (C=O) groups excluding carboxylic acids is 1. The number of hydrogen-bond donors (Lipinski definition) is 1. The molecule has 1 aromatic rings. The first-order valence-electron chi connectivity index (χ1n) is 6.43. The van der Waals surface area contributed by atoms with E-state index < -0.39 is 5.60 Å². The Kier molecular flexibility index (Phi) is 2.65. The lowest BCUT2D eigenvalue weighted by Crippen LogP contribution is -2.52. The molecule has 0 atom stereocenters. The number of methoxy groups -OCH3 is 1. The highest BCUT2D eigenvalue weighted by Crippen LogP contribution is 2.45. The van der Waals surface area contributed by atoms with Gasteiger partial charge in [-0.25, -0.2) is 0 Å². The van der Waals surface area contributed by atoms with Crippen LogP contribution in [0.25, 0.3) is 0 Å². The molecule has 0 saturated heterocycles. The van der Waals surface area contributed by atoms with Gasteiger partial charge in [0.15, 0.2) is 17.1 Å². The molecule has 1 saturated carbocycles. The number of carbonyl (C=O) groups is 1. The first-order chi connectivity index (χ1) is 8.75. The van der Waals surface area contributed by atoms with Gasteiger partial charge in [-0.05, 0) is 37.8 Å². The fraction of sp³-hybridized carbons (Fsp3) is 0.500. The number of benzene rings is 1. The largest absolute Gasteiger partial charge is 0.493 e. The van der Waals surface area contributed by atoms with Gasteiger partial charge in [0.05, 0.1) is 12.8 Å². The fourth-order valence-electron chi connectivity index (χ4n) is 2.81. The third-order valence-electron chi connectivity index (χ3n) is 3.82. The number of para-hydroxylation sites is 1. The second-order valence-electron chi connectivity index (χ2n) is 4.95. The van der Waals surface area contributed by atoms with Crippen molar-refractivity contribution in [3.8, 4) is 11.5 Å². The van der Waals surface area contributed by atoms with Gasteiger partial charge in [0.1, 0.15) is 0 Å². The summed E-state index contributed by atoms with van der Waals surface area (Å²) in [6.07, 6.45) is 4.83. The number of anilines is 1. The van der Waals surface area contributed by atoms with E-state index in [-0.39, 0.29) is 5.91 Å². The molecule has 4 nitrogen and oxygen atoms in total. The van der Waals surface area contributed by atoms with Crippen LogP contribution >= 0.6 is 0 Å². The van der Waals surface area contributed by atoms with E-state index in [0.717, 1.165) is 25.7 Å². The van der Waals surface area contributed by atoms with E-state index in [1.807, 2.05) is 18.2 Å². The van der Waals surface area contributed by atoms with Crippen LogP contribution in [0.2, 0.25) is 0 Å². The standard InChI is InChI=1S/C14H17NO3/c1-17-11-7-5-6-10-12(11)18-14(13(16)15-10)8-3-2-4-9-14/h5-7H,2-4,8-9H2,1H3,(H,15,16). The molecule has 1 aromatic carbocycles. The van der Waals surface area contributed by atoms with Gasteiger partial charge in [0.25, 0.3) is 5.91 Å². The third-order valence-corrected chi connectivity index (χ3v) is 3.82. The summed E-state index contributed by atoms with van der Waals surface area (Å²) < 4.78 is 11.4. The SMILES string of the molecule is COc1cccc2c1OC1(CCCCC1)C(=O)N2. The first-order valence-corrected chi connectivity index (χ1v) is 6.43. The molecule has 0 radical (unpaired) electrons. The van der Waals surface area contributed by atoms with Crippen LogP contribution in [0.4, 0.5) is 5.69 Å². The highest BCUT2D eigenvalue weighted by atomic mass is 16.5. The highest BCUT2D eigenvalue weighted by molar-refractivity contribution is 6.01. The van der Waals surface area contributed by atoms with E-state index in [0.29, 0.717) is 17.2 Å². The minimum atomic E-state index is -0.681. The zero-order chi connectivity index (χ0) is 12.6. The van der Waals surface area contributed by atoms with Gasteiger partial charge in [0, 0.05) is 0 Å². The highest BCUT2D eigenvalue weighted by Gasteiger charge is 2.45. The van der Waals surface area contributed by atoms with Crippen molar-refractivity contribution in [3.63, 3.8) is 0 Å². The van der Waals surface area contributed by atoms with Crippen LogP contribution in [-0.4, -0.2) is 18.6 Å². The Morgan fingerprint density at radius 2 is 2.06 bits per heavy atom. The molecule has 1 fully saturated rings. The molecule has 3 rings (SSSR count). The van der Waals surface area contributed by atoms with Crippen molar-refractivity contribution in [1.29, 1.82) is 0 Å². The van der Waals surface area contributed by atoms with Crippen molar-refractivity contribution < 1.29 is 14.3 Å². The average molecular weight is 247 g/mol. The van der Waals surface area contributed by atoms with Crippen LogP contribution in [0.5, 0.6) is 11.5 Å². The topological polar surface area (TPSA) is 47.6 Å². The molecule has 1 N–H and O–H groups in total. The quantitative estimate of drug-likeness (QED) is 0.830. The van der Waals surface area contributed by atoms with Gasteiger partial charge in [-0.2, -0.15) is 0 Å². The molecule has 0 aromatic heterocycles. The van der Waals surface area contributed by atoms with Crippen LogP contribution in [0.15, 0.2) is 18.2 Å². The Morgan fingerprint density at radius 1 is 1.28 bits per heavy atom. The predicted molar refractivity (Wildman–Crippen MR) is 68.1 cm³/mol. The number of rotatable bonds is 1. The lowest BCUT2D eigenvalue weighted by molar-refractivity contribution is -0.135. The molecular weight excluding hydrogens is 230 g/mol. The molecule has 0 bridgehead atoms. The van der Waals surface area contributed by atoms with E-state index in [1.165, 1.54) is 6.42 Å². The predicted octanol–water partition coefficient (Wildman–Crippen LogP) is 2.73. The van der Waals surface area contributed by atoms with Crippen LogP contribution < -0.4 is 14.8 Å². The van der Waals surface area contributed by atoms with Gasteiger partial charge in [0.2, 0.25) is 0 Å². The van der Waals surface area contributed by atoms with Crippen LogP contribution in [0.3, 0.4) is 0 Å². The van der Waals surface area contributed by atoms with Crippen LogP contribution in [-0.2, 0) is 4.79 Å². The lowest BCUT2D eigenvalue weighted by atomic mass is 9.83. The molecule has 1 spiro atoms. The maximum Gasteiger partial charge on any atom is 0.268 e. The molecule has 96 valence electrons. The molecule has 18 heavy (non-hydrogen) atoms. The molecule has 0 unspecified atom stereocenters. The molecule has 2 aliphatic rings. The number of ether oxygens (including phenoxy) is 2. The van der Waals surface area contributed by atoms with Crippen molar-refractivity contribution in [2.75, 3.05) is 12.4 Å². The van der Waals surface area contributed by atoms with E-state index in [4.69, 9.17) is 9.47 Å². The van der Waals surface area contributed by atoms with Gasteiger partial charge < -0.3 is 14.8 Å². The summed E-state index contributed by atoms with van der Waals surface area (Å²) in [6, 6.07) is 5.54. The Balaban J connectivity index is 2.01. The number of nitrogens with one attached hydrogen (secondary N) is 1. The summed E-state index contributed by atoms with van der Waals surface area (Å²) in [4.78, 5) is 12.3. The Morgan fingerprint density at radius 3 is 2.78 bits per heavy atom. The third kappa shape index (κ3) is 1.64. The second kappa shape index (κ2) is 4.19. The van der Waals surface area contributed by atoms with E-state index in [2.05, 4.69) is 5.32 Å². The zero-order valence-corrected chi connectivity index (χ0v) is 10.5. The van der Waals surface area contributed by atoms with E-state index >= 15 is 0 Å². The smallest absolute Gasteiger partial charge is 0.268 e. The van der Waals surface area contributed by atoms with Crippen molar-refractivity contribution >= 4 is 11.6 Å². The number of amides is 1. The maximum absolute atomic E-state index is 12.3. The van der Waals surface area contributed by atoms with Crippen molar-refractivity contribution in [1.82, 2.24) is 0 Å². The van der Waals surface area contributed by atoms with Crippen molar-refractivity contribution in [2.45, 2.75) is 37.7 Å². The van der Waals surface area contributed by atoms with Crippen LogP contribution in [0, 0.1) is 0 Å². The van der Waals surface area contributed by atoms with Gasteiger partial charge in [-0.1, -0.05) is 12.5 Å². The minimum absolute atomic E-state index is 0.0112. The molecule has 1 aliphatic heterocycles. The van der Waals surface area contributed by atoms with E-state index in [9.17, 15) is 4.79 Å². The molecular formula is C14H17NO3. The van der Waals surface area contributed by atoms with Crippen molar-refractivity contribution in [2.24, 2.45) is 0 Å². The van der Waals surface area contributed by atoms with Gasteiger partial charge in [-0.15, -0.1) is 0 Å². The maximum atomic E-state index is 12.3. The zero-order valence-electron chi connectivity index (χ0n) is 10.5. The van der Waals surface area contributed by atoms with Crippen molar-refractivity contribution in [3.05, 3.63) is 18.2 Å². The lowest BCUT2D eigenvalue weighted by Gasteiger charge is -2.40. The Bertz CT molecular complexity index is 478. The van der Waals surface area contributed by atoms with Gasteiger partial charge >= 0.3 is 0 Å². The minimum Gasteiger partial charge on any atom is -0.493 e. The summed E-state index contributed by atoms with van der Waals surface area (Å²) in [5.74, 6) is 1.34. The monoisotopic (exact) mass is 247 g/mol. The molecule has 1 amide bonds. The summed E-state index contributed by atoms with van der Waals surface area (Å²) in [5.41, 5.74) is 0.0235. The average Bonchev–Trinajstić information content (AvgIpc) is 2.41. The Hall–Kier alpha value is -1.71. The number of fused-ring (bicyclic) bond motifs is 1. The number of hydrogen-bond acceptors (Lipinski definition) is 3. The van der Waals surface area contributed by atoms with E-state index in [1.54, 1.807) is 7.11 Å². The molecule has 4 heteroatoms. The summed E-state index contributed by atoms with van der Waals surface area (Å²) in [5, 5.41) is 2.95. The summed E-state index contributed by atoms with van der Waals surface area (Å²) >= 11 is 0. The second-order valence-corrected chi connectivity index (χ2v) is 4.95. The normalized spacial score (nSPS) is 20.8. The molecule has 1 heterocycles.